The highest BCUT2D eigenvalue weighted by molar-refractivity contribution is 8.02. The van der Waals surface area contributed by atoms with Crippen LogP contribution in [0.15, 0.2) is 46.4 Å². The first-order valence-corrected chi connectivity index (χ1v) is 18.4. The smallest absolute Gasteiger partial charge is 0.349 e. The fourth-order valence-corrected chi connectivity index (χ4v) is 18.1. The molecule has 2 heterocycles. The number of thioether (sulfide) groups is 1. The van der Waals surface area contributed by atoms with Crippen LogP contribution in [0.2, 0.25) is 26.7 Å². The van der Waals surface area contributed by atoms with Crippen molar-refractivity contribution >= 4 is 28.6 Å². The largest absolute Gasteiger partial charge is 0.479 e. The summed E-state index contributed by atoms with van der Waals surface area (Å²) in [7, 11) is -4.84. The lowest BCUT2D eigenvalue weighted by Gasteiger charge is -2.57. The van der Waals surface area contributed by atoms with Crippen LogP contribution in [-0.2, 0) is 18.0 Å². The zero-order chi connectivity index (χ0) is 27.1. The van der Waals surface area contributed by atoms with E-state index in [0.717, 1.165) is 9.99 Å². The first-order chi connectivity index (χ1) is 16.5. The van der Waals surface area contributed by atoms with E-state index in [1.807, 2.05) is 6.07 Å². The van der Waals surface area contributed by atoms with Gasteiger partial charge in [-0.25, -0.2) is 0 Å². The van der Waals surface area contributed by atoms with Crippen LogP contribution in [0.4, 0.5) is 0 Å². The lowest BCUT2D eigenvalue weighted by atomic mass is 10.1. The summed E-state index contributed by atoms with van der Waals surface area (Å²) in [5.74, 6) is 0. The molecule has 3 atom stereocenters. The van der Waals surface area contributed by atoms with Gasteiger partial charge in [-0.15, -0.1) is 0 Å². The third-order valence-corrected chi connectivity index (χ3v) is 20.2. The number of benzene rings is 1. The van der Waals surface area contributed by atoms with Gasteiger partial charge >= 0.3 is 8.56 Å². The summed E-state index contributed by atoms with van der Waals surface area (Å²) in [6.45, 7) is 28.2. The quantitative estimate of drug-likeness (QED) is 0.317. The predicted octanol–water partition coefficient (Wildman–Crippen LogP) is 9.04. The molecular formula is C29H50O4SSi2. The van der Waals surface area contributed by atoms with Crippen molar-refractivity contribution in [2.75, 3.05) is 6.61 Å². The Kier molecular flexibility index (Phi) is 9.07. The molecule has 7 heteroatoms. The van der Waals surface area contributed by atoms with Gasteiger partial charge in [-0.1, -0.05) is 113 Å². The standard InChI is InChI=1S/C29H50O4SSi2/c1-20(2)35(21(3)4,22(5)6)32-24-18-26(34-23-16-14-13-15-17-23)31-25-19-30-36(28(7,8)9,29(10,11)12)33-27(24)25/h13-18,20-22,24-25,27H,19H2,1-12H3/t24-,25-,27+/m1/s1. The average molecular weight is 551 g/mol. The second kappa shape index (κ2) is 10.9. The Morgan fingerprint density at radius 1 is 0.889 bits per heavy atom. The predicted molar refractivity (Wildman–Crippen MR) is 157 cm³/mol. The Bertz CT molecular complexity index is 866. The van der Waals surface area contributed by atoms with Crippen LogP contribution in [0, 0.1) is 0 Å². The molecule has 0 N–H and O–H groups in total. The lowest BCUT2D eigenvalue weighted by Crippen LogP contribution is -2.68. The fourth-order valence-electron chi connectivity index (χ4n) is 6.71. The second-order valence-electron chi connectivity index (χ2n) is 13.5. The van der Waals surface area contributed by atoms with E-state index in [9.17, 15) is 0 Å². The molecule has 0 aromatic heterocycles. The minimum Gasteiger partial charge on any atom is -0.479 e. The molecule has 36 heavy (non-hydrogen) atoms. The van der Waals surface area contributed by atoms with Crippen LogP contribution in [0.3, 0.4) is 0 Å². The van der Waals surface area contributed by atoms with Crippen LogP contribution in [0.5, 0.6) is 0 Å². The highest BCUT2D eigenvalue weighted by Gasteiger charge is 2.64. The molecular weight excluding hydrogens is 501 g/mol. The number of hydrogen-bond acceptors (Lipinski definition) is 5. The summed E-state index contributed by atoms with van der Waals surface area (Å²) < 4.78 is 28.0. The molecule has 0 aliphatic carbocycles. The fraction of sp³-hybridized carbons (Fsp3) is 0.724. The van der Waals surface area contributed by atoms with Crippen molar-refractivity contribution in [2.45, 2.75) is 133 Å². The molecule has 1 fully saturated rings. The summed E-state index contributed by atoms with van der Waals surface area (Å²) in [6.07, 6.45) is 1.69. The zero-order valence-corrected chi connectivity index (χ0v) is 27.5. The minimum atomic E-state index is -2.67. The maximum atomic E-state index is 7.43. The Morgan fingerprint density at radius 2 is 1.42 bits per heavy atom. The van der Waals surface area contributed by atoms with E-state index in [0.29, 0.717) is 23.2 Å². The van der Waals surface area contributed by atoms with E-state index in [4.69, 9.17) is 18.0 Å². The van der Waals surface area contributed by atoms with Gasteiger partial charge in [-0.2, -0.15) is 0 Å². The second-order valence-corrected chi connectivity index (χ2v) is 24.7. The van der Waals surface area contributed by atoms with E-state index in [-0.39, 0.29) is 28.4 Å². The van der Waals surface area contributed by atoms with Gasteiger partial charge in [0.05, 0.1) is 12.7 Å². The third kappa shape index (κ3) is 5.57. The minimum absolute atomic E-state index is 0.0911. The molecule has 2 aliphatic rings. The maximum Gasteiger partial charge on any atom is 0.349 e. The Hall–Kier alpha value is -0.576. The first-order valence-electron chi connectivity index (χ1n) is 13.7. The van der Waals surface area contributed by atoms with E-state index in [1.165, 1.54) is 0 Å². The molecule has 1 saturated heterocycles. The molecule has 1 aromatic rings. The van der Waals surface area contributed by atoms with Crippen molar-refractivity contribution in [2.24, 2.45) is 0 Å². The maximum absolute atomic E-state index is 7.43. The highest BCUT2D eigenvalue weighted by atomic mass is 32.2. The van der Waals surface area contributed by atoms with Gasteiger partial charge in [0, 0.05) is 15.0 Å². The molecule has 3 rings (SSSR count). The Morgan fingerprint density at radius 3 is 1.89 bits per heavy atom. The topological polar surface area (TPSA) is 36.9 Å². The SMILES string of the molecule is CC(C)[Si](O[C@@H]1C=C(Sc2ccccc2)O[C@@H]2CO[Si](C(C)(C)C)(C(C)(C)C)O[C@@H]12)(C(C)C)C(C)C. The Balaban J connectivity index is 2.08. The van der Waals surface area contributed by atoms with Crippen LogP contribution < -0.4 is 0 Å². The van der Waals surface area contributed by atoms with Gasteiger partial charge in [0.25, 0.3) is 0 Å². The summed E-state index contributed by atoms with van der Waals surface area (Å²) in [5, 5.41) is 0.706. The van der Waals surface area contributed by atoms with Crippen LogP contribution in [0.25, 0.3) is 0 Å². The first kappa shape index (κ1) is 30.0. The zero-order valence-electron chi connectivity index (χ0n) is 24.7. The van der Waals surface area contributed by atoms with Crippen molar-refractivity contribution < 1.29 is 18.0 Å². The van der Waals surface area contributed by atoms with Crippen molar-refractivity contribution in [3.63, 3.8) is 0 Å². The summed E-state index contributed by atoms with van der Waals surface area (Å²) in [5.41, 5.74) is 1.47. The third-order valence-electron chi connectivity index (χ3n) is 7.99. The molecule has 0 radical (unpaired) electrons. The van der Waals surface area contributed by atoms with Crippen molar-refractivity contribution in [1.82, 2.24) is 0 Å². The highest BCUT2D eigenvalue weighted by Crippen LogP contribution is 2.56. The monoisotopic (exact) mass is 550 g/mol. The summed E-state index contributed by atoms with van der Waals surface area (Å²) in [6, 6.07) is 10.4. The van der Waals surface area contributed by atoms with Gasteiger partial charge < -0.3 is 18.0 Å². The summed E-state index contributed by atoms with van der Waals surface area (Å²) >= 11 is 1.66. The normalized spacial score (nSPS) is 25.1. The van der Waals surface area contributed by atoms with E-state index in [1.54, 1.807) is 11.8 Å². The molecule has 0 amide bonds. The molecule has 2 aliphatic heterocycles. The van der Waals surface area contributed by atoms with Crippen LogP contribution in [-0.4, -0.2) is 41.8 Å². The van der Waals surface area contributed by atoms with Gasteiger partial charge in [-0.05, 0) is 34.8 Å². The number of ether oxygens (including phenoxy) is 1. The average Bonchev–Trinajstić information content (AvgIpc) is 2.75. The van der Waals surface area contributed by atoms with Gasteiger partial charge in [0.2, 0.25) is 8.32 Å². The molecule has 0 spiro atoms. The number of rotatable bonds is 7. The number of hydrogen-bond donors (Lipinski definition) is 0. The van der Waals surface area contributed by atoms with Crippen LogP contribution >= 0.6 is 11.8 Å². The molecule has 204 valence electrons. The van der Waals surface area contributed by atoms with E-state index < -0.39 is 16.9 Å². The van der Waals surface area contributed by atoms with Crippen molar-refractivity contribution in [3.05, 3.63) is 41.5 Å². The van der Waals surface area contributed by atoms with E-state index >= 15 is 0 Å². The van der Waals surface area contributed by atoms with Gasteiger partial charge in [-0.3, -0.25) is 0 Å². The molecule has 1 aromatic carbocycles. The molecule has 0 bridgehead atoms. The van der Waals surface area contributed by atoms with Crippen LogP contribution in [0.1, 0.15) is 83.1 Å². The summed E-state index contributed by atoms with van der Waals surface area (Å²) in [4.78, 5) is 1.16. The van der Waals surface area contributed by atoms with E-state index in [2.05, 4.69) is 113 Å². The Labute approximate surface area is 227 Å². The molecule has 0 unspecified atom stereocenters. The van der Waals surface area contributed by atoms with Gasteiger partial charge in [0.15, 0.2) is 5.09 Å². The molecule has 0 saturated carbocycles. The lowest BCUT2D eigenvalue weighted by molar-refractivity contribution is -0.122. The van der Waals surface area contributed by atoms with Crippen molar-refractivity contribution in [1.29, 1.82) is 0 Å². The van der Waals surface area contributed by atoms with Crippen molar-refractivity contribution in [3.8, 4) is 0 Å². The number of fused-ring (bicyclic) bond motifs is 1. The molecule has 4 nitrogen and oxygen atoms in total. The van der Waals surface area contributed by atoms with Gasteiger partial charge in [0.1, 0.15) is 12.2 Å².